The minimum Gasteiger partial charge on any atom is -0.477 e. The van der Waals surface area contributed by atoms with Crippen molar-refractivity contribution in [1.82, 2.24) is 14.4 Å². The number of halogens is 2. The van der Waals surface area contributed by atoms with Gasteiger partial charge in [0.05, 0.1) is 10.7 Å². The lowest BCUT2D eigenvalue weighted by Gasteiger charge is -1.95. The predicted molar refractivity (Wildman–Crippen MR) is 58.0 cm³/mol. The second kappa shape index (κ2) is 4.05. The molecule has 0 saturated carbocycles. The number of carboxylic acids is 1. The van der Waals surface area contributed by atoms with E-state index in [4.69, 9.17) is 5.11 Å². The number of carbonyl (C=O) groups is 1. The number of hydrogen-bond donors (Lipinski definition) is 1. The Balaban J connectivity index is 0.000000980. The third-order valence-corrected chi connectivity index (χ3v) is 1.96. The summed E-state index contributed by atoms with van der Waals surface area (Å²) < 4.78 is 2.12. The Bertz CT molecular complexity index is 483. The van der Waals surface area contributed by atoms with Gasteiger partial charge in [-0.1, -0.05) is 0 Å². The van der Waals surface area contributed by atoms with E-state index < -0.39 is 5.97 Å². The first-order valence-corrected chi connectivity index (χ1v) is 4.19. The first kappa shape index (κ1) is 11.1. The molecule has 2 rings (SSSR count). The van der Waals surface area contributed by atoms with Crippen LogP contribution in [0.4, 0.5) is 0 Å². The van der Waals surface area contributed by atoms with E-state index in [1.54, 1.807) is 12.4 Å². The highest BCUT2D eigenvalue weighted by molar-refractivity contribution is 9.10. The standard InChI is InChI=1S/C7H4BrN3O2.BrH/c8-4-1-9-7-10-2-5(6(12)13)11(7)3-4;/h1-3H,(H,12,13);1H. The number of rotatable bonds is 1. The fraction of sp³-hybridized carbons (Fsp3) is 0. The van der Waals surface area contributed by atoms with E-state index >= 15 is 0 Å². The molecule has 0 aliphatic heterocycles. The minimum absolute atomic E-state index is 0. The second-order valence-electron chi connectivity index (χ2n) is 2.39. The summed E-state index contributed by atoms with van der Waals surface area (Å²) in [6.07, 6.45) is 4.45. The number of carboxylic acid groups (broad SMARTS) is 1. The highest BCUT2D eigenvalue weighted by Gasteiger charge is 2.10. The van der Waals surface area contributed by atoms with Crippen LogP contribution in [0.1, 0.15) is 10.5 Å². The molecule has 0 aliphatic rings. The molecule has 0 spiro atoms. The quantitative estimate of drug-likeness (QED) is 0.869. The molecule has 2 aromatic heterocycles. The maximum Gasteiger partial charge on any atom is 0.354 e. The summed E-state index contributed by atoms with van der Waals surface area (Å²) in [5.41, 5.74) is 0.101. The number of aromatic nitrogens is 3. The van der Waals surface area contributed by atoms with Gasteiger partial charge < -0.3 is 5.11 Å². The minimum atomic E-state index is -1.02. The van der Waals surface area contributed by atoms with Crippen molar-refractivity contribution in [3.8, 4) is 0 Å². The third kappa shape index (κ3) is 1.78. The number of nitrogens with zero attached hydrogens (tertiary/aromatic N) is 3. The summed E-state index contributed by atoms with van der Waals surface area (Å²) in [5.74, 6) is -0.645. The second-order valence-corrected chi connectivity index (χ2v) is 3.31. The van der Waals surface area contributed by atoms with E-state index in [1.165, 1.54) is 10.6 Å². The lowest BCUT2D eigenvalue weighted by atomic mass is 10.5. The lowest BCUT2D eigenvalue weighted by Crippen LogP contribution is -2.01. The molecule has 5 nitrogen and oxygen atoms in total. The molecular formula is C7H5Br2N3O2. The first-order valence-electron chi connectivity index (χ1n) is 3.40. The van der Waals surface area contributed by atoms with Crippen LogP contribution in [-0.2, 0) is 0 Å². The van der Waals surface area contributed by atoms with Gasteiger partial charge in [-0.15, -0.1) is 17.0 Å². The maximum atomic E-state index is 10.7. The van der Waals surface area contributed by atoms with Gasteiger partial charge >= 0.3 is 5.97 Å². The molecule has 7 heteroatoms. The van der Waals surface area contributed by atoms with Crippen molar-refractivity contribution < 1.29 is 9.90 Å². The van der Waals surface area contributed by atoms with Crippen molar-refractivity contribution in [2.75, 3.05) is 0 Å². The molecule has 0 aliphatic carbocycles. The molecule has 0 saturated heterocycles. The van der Waals surface area contributed by atoms with Crippen LogP contribution in [0.25, 0.3) is 5.78 Å². The van der Waals surface area contributed by atoms with Gasteiger partial charge in [0.25, 0.3) is 0 Å². The largest absolute Gasteiger partial charge is 0.477 e. The van der Waals surface area contributed by atoms with Crippen LogP contribution in [0.2, 0.25) is 0 Å². The number of aromatic carboxylic acids is 1. The molecule has 0 unspecified atom stereocenters. The Morgan fingerprint density at radius 3 is 2.71 bits per heavy atom. The van der Waals surface area contributed by atoms with Gasteiger partial charge in [-0.2, -0.15) is 0 Å². The first-order chi connectivity index (χ1) is 6.18. The molecule has 0 radical (unpaired) electrons. The lowest BCUT2D eigenvalue weighted by molar-refractivity contribution is 0.0689. The van der Waals surface area contributed by atoms with Crippen molar-refractivity contribution in [3.05, 3.63) is 28.8 Å². The van der Waals surface area contributed by atoms with Crippen molar-refractivity contribution in [3.63, 3.8) is 0 Å². The smallest absolute Gasteiger partial charge is 0.354 e. The van der Waals surface area contributed by atoms with Gasteiger partial charge in [-0.25, -0.2) is 14.8 Å². The normalized spacial score (nSPS) is 9.79. The van der Waals surface area contributed by atoms with Crippen LogP contribution in [0, 0.1) is 0 Å². The maximum absolute atomic E-state index is 10.7. The van der Waals surface area contributed by atoms with Crippen LogP contribution >= 0.6 is 32.9 Å². The number of fused-ring (bicyclic) bond motifs is 1. The molecule has 14 heavy (non-hydrogen) atoms. The summed E-state index contributed by atoms with van der Waals surface area (Å²) in [7, 11) is 0. The molecule has 0 amide bonds. The van der Waals surface area contributed by atoms with Crippen LogP contribution < -0.4 is 0 Å². The van der Waals surface area contributed by atoms with Gasteiger partial charge in [0.2, 0.25) is 5.78 Å². The molecule has 1 N–H and O–H groups in total. The Labute approximate surface area is 97.7 Å². The molecule has 0 fully saturated rings. The zero-order chi connectivity index (χ0) is 9.42. The van der Waals surface area contributed by atoms with E-state index in [-0.39, 0.29) is 22.7 Å². The summed E-state index contributed by atoms with van der Waals surface area (Å²) in [5, 5.41) is 8.76. The highest BCUT2D eigenvalue weighted by atomic mass is 79.9. The molecule has 0 aromatic carbocycles. The van der Waals surface area contributed by atoms with Crippen molar-refractivity contribution >= 4 is 44.7 Å². The fourth-order valence-electron chi connectivity index (χ4n) is 1.01. The Hall–Kier alpha value is -0.950. The van der Waals surface area contributed by atoms with E-state index in [2.05, 4.69) is 25.9 Å². The van der Waals surface area contributed by atoms with Crippen molar-refractivity contribution in [2.24, 2.45) is 0 Å². The van der Waals surface area contributed by atoms with Crippen LogP contribution in [-0.4, -0.2) is 25.4 Å². The topological polar surface area (TPSA) is 67.5 Å². The predicted octanol–water partition coefficient (Wildman–Crippen LogP) is 1.77. The van der Waals surface area contributed by atoms with Crippen LogP contribution in [0.5, 0.6) is 0 Å². The fourth-order valence-corrected chi connectivity index (χ4v) is 1.32. The van der Waals surface area contributed by atoms with E-state index in [9.17, 15) is 4.79 Å². The van der Waals surface area contributed by atoms with Crippen LogP contribution in [0.3, 0.4) is 0 Å². The number of imidazole rings is 1. The molecular weight excluding hydrogens is 318 g/mol. The number of hydrogen-bond acceptors (Lipinski definition) is 3. The SMILES string of the molecule is Br.O=C(O)c1cnc2ncc(Br)cn12. The van der Waals surface area contributed by atoms with Crippen molar-refractivity contribution in [2.45, 2.75) is 0 Å². The Kier molecular flexibility index (Phi) is 3.22. The summed E-state index contributed by atoms with van der Waals surface area (Å²) >= 11 is 3.20. The monoisotopic (exact) mass is 321 g/mol. The molecule has 2 aromatic rings. The zero-order valence-electron chi connectivity index (χ0n) is 6.72. The van der Waals surface area contributed by atoms with Gasteiger partial charge in [0, 0.05) is 12.4 Å². The molecule has 74 valence electrons. The zero-order valence-corrected chi connectivity index (χ0v) is 10.0. The van der Waals surface area contributed by atoms with Gasteiger partial charge in [-0.3, -0.25) is 4.40 Å². The molecule has 0 bridgehead atoms. The van der Waals surface area contributed by atoms with Gasteiger partial charge in [0.15, 0.2) is 5.69 Å². The molecule has 0 atom stereocenters. The summed E-state index contributed by atoms with van der Waals surface area (Å²) in [6, 6.07) is 0. The van der Waals surface area contributed by atoms with Gasteiger partial charge in [0.1, 0.15) is 0 Å². The Morgan fingerprint density at radius 2 is 2.07 bits per heavy atom. The van der Waals surface area contributed by atoms with E-state index in [1.807, 2.05) is 0 Å². The molecule has 2 heterocycles. The van der Waals surface area contributed by atoms with Crippen molar-refractivity contribution in [1.29, 1.82) is 0 Å². The third-order valence-electron chi connectivity index (χ3n) is 1.55. The van der Waals surface area contributed by atoms with Gasteiger partial charge in [-0.05, 0) is 15.9 Å². The average Bonchev–Trinajstić information content (AvgIpc) is 2.46. The van der Waals surface area contributed by atoms with E-state index in [0.717, 1.165) is 0 Å². The average molecular weight is 323 g/mol. The summed E-state index contributed by atoms with van der Waals surface area (Å²) in [6.45, 7) is 0. The van der Waals surface area contributed by atoms with Crippen LogP contribution in [0.15, 0.2) is 23.1 Å². The highest BCUT2D eigenvalue weighted by Crippen LogP contribution is 2.10. The summed E-state index contributed by atoms with van der Waals surface area (Å²) in [4.78, 5) is 18.4. The Morgan fingerprint density at radius 1 is 1.43 bits per heavy atom. The van der Waals surface area contributed by atoms with E-state index in [0.29, 0.717) is 10.3 Å².